The molecular weight excluding hydrogens is 120 g/mol. The molecule has 47 valence electrons. The summed E-state index contributed by atoms with van der Waals surface area (Å²) in [5.74, 6) is -0.451. The Bertz CT molecular complexity index is 183. The predicted molar refractivity (Wildman–Crippen MR) is 30.7 cm³/mol. The number of rotatable bonds is 1. The van der Waals surface area contributed by atoms with Crippen molar-refractivity contribution in [3.8, 4) is 0 Å². The van der Waals surface area contributed by atoms with E-state index in [-0.39, 0.29) is 5.70 Å². The third kappa shape index (κ3) is 1.07. The van der Waals surface area contributed by atoms with Crippen LogP contribution in [0.25, 0.3) is 0 Å². The Morgan fingerprint density at radius 1 is 1.78 bits per heavy atom. The van der Waals surface area contributed by atoms with Crippen LogP contribution in [0.5, 0.6) is 0 Å². The van der Waals surface area contributed by atoms with Crippen molar-refractivity contribution in [1.82, 2.24) is 5.32 Å². The van der Waals surface area contributed by atoms with Gasteiger partial charge in [-0.05, 0) is 0 Å². The van der Waals surface area contributed by atoms with Gasteiger partial charge in [-0.2, -0.15) is 0 Å². The van der Waals surface area contributed by atoms with Crippen molar-refractivity contribution in [3.63, 3.8) is 0 Å². The fourth-order valence-corrected chi connectivity index (χ4v) is 0.443. The maximum atomic E-state index is 10.5. The molecule has 0 amide bonds. The molecular formula is C5H5N2O2. The van der Waals surface area contributed by atoms with E-state index in [1.807, 2.05) is 0 Å². The Kier molecular flexibility index (Phi) is 1.48. The first-order valence-electron chi connectivity index (χ1n) is 2.35. The number of nitrogens with zero attached hydrogens (tertiary/aromatic N) is 2. The highest BCUT2D eigenvalue weighted by atomic mass is 16.5. The van der Waals surface area contributed by atoms with Crippen LogP contribution in [0.15, 0.2) is 16.9 Å². The standard InChI is InChI=1S/C5H5N2O2/c1-9-5(8)4-2-6-3-7-4/h2-3H,1H3. The van der Waals surface area contributed by atoms with Crippen LogP contribution >= 0.6 is 0 Å². The zero-order valence-corrected chi connectivity index (χ0v) is 4.87. The summed E-state index contributed by atoms with van der Waals surface area (Å²) < 4.78 is 4.35. The molecule has 0 atom stereocenters. The van der Waals surface area contributed by atoms with Crippen LogP contribution in [0.1, 0.15) is 0 Å². The van der Waals surface area contributed by atoms with E-state index in [0.29, 0.717) is 0 Å². The minimum absolute atomic E-state index is 0.248. The number of methoxy groups -OCH3 is 1. The van der Waals surface area contributed by atoms with Gasteiger partial charge in [0.2, 0.25) is 0 Å². The maximum absolute atomic E-state index is 10.5. The highest BCUT2D eigenvalue weighted by Crippen LogP contribution is 1.97. The van der Waals surface area contributed by atoms with Crippen LogP contribution in [-0.4, -0.2) is 19.4 Å². The monoisotopic (exact) mass is 125 g/mol. The molecule has 0 N–H and O–H groups in total. The summed E-state index contributed by atoms with van der Waals surface area (Å²) in [5.41, 5.74) is 0.248. The Hall–Kier alpha value is -1.32. The molecule has 9 heavy (non-hydrogen) atoms. The molecule has 1 rings (SSSR count). The number of hydrogen-bond acceptors (Lipinski definition) is 3. The number of aliphatic imine (C=N–C) groups is 1. The molecule has 0 saturated heterocycles. The second kappa shape index (κ2) is 2.30. The first kappa shape index (κ1) is 5.81. The van der Waals surface area contributed by atoms with E-state index in [9.17, 15) is 4.79 Å². The van der Waals surface area contributed by atoms with Gasteiger partial charge >= 0.3 is 5.97 Å². The van der Waals surface area contributed by atoms with E-state index in [0.717, 1.165) is 0 Å². The molecule has 0 bridgehead atoms. The normalized spacial score (nSPS) is 14.6. The average molecular weight is 125 g/mol. The van der Waals surface area contributed by atoms with Crippen LogP contribution in [0.4, 0.5) is 0 Å². The molecule has 0 unspecified atom stereocenters. The zero-order valence-electron chi connectivity index (χ0n) is 4.87. The second-order valence-electron chi connectivity index (χ2n) is 1.40. The van der Waals surface area contributed by atoms with Crippen molar-refractivity contribution in [2.75, 3.05) is 7.11 Å². The quantitative estimate of drug-likeness (QED) is 0.449. The van der Waals surface area contributed by atoms with Gasteiger partial charge in [-0.3, -0.25) is 0 Å². The molecule has 1 radical (unpaired) electrons. The molecule has 0 aromatic heterocycles. The first-order valence-corrected chi connectivity index (χ1v) is 2.35. The van der Waals surface area contributed by atoms with Gasteiger partial charge in [-0.25, -0.2) is 15.1 Å². The zero-order chi connectivity index (χ0) is 6.69. The highest BCUT2D eigenvalue weighted by molar-refractivity contribution is 5.92. The van der Waals surface area contributed by atoms with E-state index in [1.165, 1.54) is 19.6 Å². The lowest BCUT2D eigenvalue weighted by Crippen LogP contribution is -2.10. The highest BCUT2D eigenvalue weighted by Gasteiger charge is 2.11. The summed E-state index contributed by atoms with van der Waals surface area (Å²) >= 11 is 0. The molecule has 1 aliphatic rings. The molecule has 0 aromatic rings. The smallest absolute Gasteiger partial charge is 0.358 e. The summed E-state index contributed by atoms with van der Waals surface area (Å²) in [5, 5.41) is 3.60. The SMILES string of the molecule is COC(=O)C1=CN=C[N]1. The van der Waals surface area contributed by atoms with Crippen molar-refractivity contribution in [1.29, 1.82) is 0 Å². The van der Waals surface area contributed by atoms with Gasteiger partial charge in [-0.15, -0.1) is 0 Å². The minimum Gasteiger partial charge on any atom is -0.464 e. The van der Waals surface area contributed by atoms with Crippen LogP contribution in [0.2, 0.25) is 0 Å². The van der Waals surface area contributed by atoms with Gasteiger partial charge in [-0.1, -0.05) is 0 Å². The molecule has 0 aliphatic carbocycles. The summed E-state index contributed by atoms with van der Waals surface area (Å²) in [7, 11) is 1.30. The van der Waals surface area contributed by atoms with Crippen molar-refractivity contribution >= 4 is 12.3 Å². The predicted octanol–water partition coefficient (Wildman–Crippen LogP) is -0.353. The Morgan fingerprint density at radius 2 is 2.56 bits per heavy atom. The van der Waals surface area contributed by atoms with Gasteiger partial charge in [0.25, 0.3) is 0 Å². The van der Waals surface area contributed by atoms with Crippen molar-refractivity contribution in [2.45, 2.75) is 0 Å². The number of carbonyl (C=O) groups is 1. The largest absolute Gasteiger partial charge is 0.464 e. The molecule has 4 nitrogen and oxygen atoms in total. The number of esters is 1. The molecule has 0 aromatic carbocycles. The summed E-state index contributed by atoms with van der Waals surface area (Å²) in [6, 6.07) is 0. The summed E-state index contributed by atoms with van der Waals surface area (Å²) in [6.07, 6.45) is 2.65. The average Bonchev–Trinajstić information content (AvgIpc) is 2.37. The van der Waals surface area contributed by atoms with E-state index >= 15 is 0 Å². The Labute approximate surface area is 52.2 Å². The van der Waals surface area contributed by atoms with Gasteiger partial charge < -0.3 is 4.74 Å². The van der Waals surface area contributed by atoms with E-state index in [2.05, 4.69) is 15.0 Å². The van der Waals surface area contributed by atoms with Crippen molar-refractivity contribution in [3.05, 3.63) is 11.9 Å². The molecule has 0 fully saturated rings. The third-order valence-electron chi connectivity index (χ3n) is 0.855. The van der Waals surface area contributed by atoms with Crippen molar-refractivity contribution in [2.24, 2.45) is 4.99 Å². The molecule has 0 saturated carbocycles. The van der Waals surface area contributed by atoms with E-state index < -0.39 is 5.97 Å². The molecule has 4 heteroatoms. The lowest BCUT2D eigenvalue weighted by Gasteiger charge is -1.93. The van der Waals surface area contributed by atoms with Gasteiger partial charge in [0.05, 0.1) is 13.3 Å². The lowest BCUT2D eigenvalue weighted by atomic mass is 10.5. The van der Waals surface area contributed by atoms with E-state index in [4.69, 9.17) is 0 Å². The second-order valence-corrected chi connectivity index (χ2v) is 1.40. The van der Waals surface area contributed by atoms with Gasteiger partial charge in [0.1, 0.15) is 6.34 Å². The van der Waals surface area contributed by atoms with Gasteiger partial charge in [0, 0.05) is 0 Å². The van der Waals surface area contributed by atoms with Crippen LogP contribution in [0.3, 0.4) is 0 Å². The molecule has 1 heterocycles. The van der Waals surface area contributed by atoms with Gasteiger partial charge in [0.15, 0.2) is 5.70 Å². The third-order valence-corrected chi connectivity index (χ3v) is 0.855. The van der Waals surface area contributed by atoms with Crippen LogP contribution in [-0.2, 0) is 9.53 Å². The lowest BCUT2D eigenvalue weighted by molar-refractivity contribution is -0.136. The number of carbonyl (C=O) groups excluding carboxylic acids is 1. The first-order chi connectivity index (χ1) is 4.34. The fraction of sp³-hybridized carbons (Fsp3) is 0.200. The molecule has 1 aliphatic heterocycles. The summed E-state index contributed by atoms with van der Waals surface area (Å²) in [6.45, 7) is 0. The Morgan fingerprint density at radius 3 is 3.00 bits per heavy atom. The summed E-state index contributed by atoms with van der Waals surface area (Å²) in [4.78, 5) is 14.1. The van der Waals surface area contributed by atoms with Crippen molar-refractivity contribution < 1.29 is 9.53 Å². The van der Waals surface area contributed by atoms with Crippen LogP contribution in [0, 0.1) is 0 Å². The number of ether oxygens (including phenoxy) is 1. The number of hydrogen-bond donors (Lipinski definition) is 0. The maximum Gasteiger partial charge on any atom is 0.358 e. The topological polar surface area (TPSA) is 52.8 Å². The fourth-order valence-electron chi connectivity index (χ4n) is 0.443. The Balaban J connectivity index is 2.55. The minimum atomic E-state index is -0.451. The van der Waals surface area contributed by atoms with Crippen LogP contribution < -0.4 is 5.32 Å². The molecule has 0 spiro atoms. The van der Waals surface area contributed by atoms with E-state index in [1.54, 1.807) is 0 Å².